The Bertz CT molecular complexity index is 523. The molecule has 0 bridgehead atoms. The lowest BCUT2D eigenvalue weighted by Gasteiger charge is -2.31. The monoisotopic (exact) mass is 288 g/mol. The fourth-order valence-electron chi connectivity index (χ4n) is 3.76. The molecule has 0 amide bonds. The van der Waals surface area contributed by atoms with Gasteiger partial charge in [-0.3, -0.25) is 0 Å². The number of carbonyl (C=O) groups excluding carboxylic acids is 1. The number of methoxy groups -OCH3 is 1. The molecule has 0 radical (unpaired) electrons. The number of hydrogen-bond acceptors (Lipinski definition) is 3. The molecular weight excluding hydrogens is 264 g/mol. The first-order chi connectivity index (χ1) is 9.95. The molecule has 4 atom stereocenters. The maximum atomic E-state index is 12.2. The molecule has 1 aromatic carbocycles. The van der Waals surface area contributed by atoms with Crippen LogP contribution in [0.25, 0.3) is 5.57 Å². The average Bonchev–Trinajstić information content (AvgIpc) is 2.78. The topological polar surface area (TPSA) is 46.5 Å². The van der Waals surface area contributed by atoms with Crippen LogP contribution in [0.15, 0.2) is 36.9 Å². The highest BCUT2D eigenvalue weighted by Gasteiger charge is 2.56. The Morgan fingerprint density at radius 2 is 2.05 bits per heavy atom. The molecule has 0 aromatic heterocycles. The van der Waals surface area contributed by atoms with Gasteiger partial charge in [-0.2, -0.15) is 0 Å². The highest BCUT2D eigenvalue weighted by atomic mass is 16.5. The number of aliphatic hydroxyl groups is 1. The van der Waals surface area contributed by atoms with Crippen LogP contribution >= 0.6 is 0 Å². The van der Waals surface area contributed by atoms with Gasteiger partial charge >= 0.3 is 5.97 Å². The minimum absolute atomic E-state index is 0.187. The molecule has 0 heterocycles. The second kappa shape index (κ2) is 6.02. The van der Waals surface area contributed by atoms with Crippen molar-refractivity contribution in [2.45, 2.75) is 32.3 Å². The molecule has 1 N–H and O–H groups in total. The lowest BCUT2D eigenvalue weighted by Crippen LogP contribution is -2.44. The van der Waals surface area contributed by atoms with Gasteiger partial charge in [0, 0.05) is 5.92 Å². The van der Waals surface area contributed by atoms with Crippen molar-refractivity contribution in [3.8, 4) is 0 Å². The summed E-state index contributed by atoms with van der Waals surface area (Å²) in [5.74, 6) is -0.379. The van der Waals surface area contributed by atoms with Crippen LogP contribution in [0.5, 0.6) is 0 Å². The minimum atomic E-state index is -1.47. The minimum Gasteiger partial charge on any atom is -0.467 e. The quantitative estimate of drug-likeness (QED) is 0.865. The van der Waals surface area contributed by atoms with E-state index in [1.165, 1.54) is 7.11 Å². The Morgan fingerprint density at radius 3 is 2.57 bits per heavy atom. The molecule has 2 rings (SSSR count). The molecule has 3 heteroatoms. The van der Waals surface area contributed by atoms with E-state index in [-0.39, 0.29) is 11.8 Å². The van der Waals surface area contributed by atoms with E-state index in [1.54, 1.807) is 0 Å². The van der Waals surface area contributed by atoms with Crippen LogP contribution in [0, 0.1) is 17.8 Å². The maximum absolute atomic E-state index is 12.2. The fourth-order valence-corrected chi connectivity index (χ4v) is 3.76. The number of benzene rings is 1. The van der Waals surface area contributed by atoms with Crippen molar-refractivity contribution >= 4 is 11.5 Å². The zero-order valence-electron chi connectivity index (χ0n) is 13.0. The van der Waals surface area contributed by atoms with E-state index in [1.807, 2.05) is 30.3 Å². The summed E-state index contributed by atoms with van der Waals surface area (Å²) in [6.45, 7) is 8.35. The molecular formula is C18H24O3. The standard InChI is InChI=1S/C18H24O3/c1-5-14-11-18(20,17(19)21-4)16(12(14)2)13(3)15-9-7-6-8-10-15/h6-10,12,14,16,20H,3,5,11H2,1-2,4H3/t12-,14+,16-,18-/m1/s1. The molecule has 0 saturated heterocycles. The van der Waals surface area contributed by atoms with E-state index in [9.17, 15) is 9.90 Å². The second-order valence-corrected chi connectivity index (χ2v) is 6.02. The van der Waals surface area contributed by atoms with Crippen molar-refractivity contribution in [3.05, 3.63) is 42.5 Å². The maximum Gasteiger partial charge on any atom is 0.338 e. The van der Waals surface area contributed by atoms with Gasteiger partial charge < -0.3 is 9.84 Å². The smallest absolute Gasteiger partial charge is 0.338 e. The normalized spacial score (nSPS) is 31.9. The van der Waals surface area contributed by atoms with E-state index >= 15 is 0 Å². The van der Waals surface area contributed by atoms with E-state index in [2.05, 4.69) is 20.4 Å². The molecule has 1 saturated carbocycles. The van der Waals surface area contributed by atoms with Crippen LogP contribution in [-0.2, 0) is 9.53 Å². The Labute approximate surface area is 126 Å². The third-order valence-corrected chi connectivity index (χ3v) is 4.94. The van der Waals surface area contributed by atoms with Gasteiger partial charge in [-0.15, -0.1) is 0 Å². The SMILES string of the molecule is C=C(c1ccccc1)[C@H]1[C@H](C)[C@@H](CC)C[C@]1(O)C(=O)OC. The van der Waals surface area contributed by atoms with Crippen LogP contribution in [0.1, 0.15) is 32.3 Å². The first-order valence-corrected chi connectivity index (χ1v) is 7.50. The van der Waals surface area contributed by atoms with Crippen molar-refractivity contribution in [2.24, 2.45) is 17.8 Å². The van der Waals surface area contributed by atoms with E-state index in [0.717, 1.165) is 17.6 Å². The second-order valence-electron chi connectivity index (χ2n) is 6.02. The Kier molecular flexibility index (Phi) is 4.52. The molecule has 114 valence electrons. The van der Waals surface area contributed by atoms with Gasteiger partial charge in [-0.25, -0.2) is 4.79 Å². The van der Waals surface area contributed by atoms with Crippen molar-refractivity contribution < 1.29 is 14.6 Å². The lowest BCUT2D eigenvalue weighted by molar-refractivity contribution is -0.164. The van der Waals surface area contributed by atoms with Crippen molar-refractivity contribution in [1.82, 2.24) is 0 Å². The molecule has 0 spiro atoms. The Balaban J connectivity index is 2.41. The number of hydrogen-bond donors (Lipinski definition) is 1. The van der Waals surface area contributed by atoms with Gasteiger partial charge in [-0.1, -0.05) is 57.2 Å². The predicted molar refractivity (Wildman–Crippen MR) is 83.5 cm³/mol. The lowest BCUT2D eigenvalue weighted by atomic mass is 9.77. The first-order valence-electron chi connectivity index (χ1n) is 7.50. The summed E-state index contributed by atoms with van der Waals surface area (Å²) in [7, 11) is 1.33. The third kappa shape index (κ3) is 2.62. The van der Waals surface area contributed by atoms with Crippen molar-refractivity contribution in [1.29, 1.82) is 0 Å². The highest BCUT2D eigenvalue weighted by molar-refractivity contribution is 5.84. The largest absolute Gasteiger partial charge is 0.467 e. The number of rotatable bonds is 4. The molecule has 21 heavy (non-hydrogen) atoms. The molecule has 0 aliphatic heterocycles. The van der Waals surface area contributed by atoms with Gasteiger partial charge in [0.15, 0.2) is 5.60 Å². The number of ether oxygens (including phenoxy) is 1. The van der Waals surface area contributed by atoms with Crippen LogP contribution in [-0.4, -0.2) is 23.8 Å². The Morgan fingerprint density at radius 1 is 1.43 bits per heavy atom. The van der Waals surface area contributed by atoms with Gasteiger partial charge in [0.25, 0.3) is 0 Å². The van der Waals surface area contributed by atoms with Gasteiger partial charge in [0.1, 0.15) is 0 Å². The zero-order valence-corrected chi connectivity index (χ0v) is 13.0. The third-order valence-electron chi connectivity index (χ3n) is 4.94. The van der Waals surface area contributed by atoms with Gasteiger partial charge in [-0.05, 0) is 29.4 Å². The fraction of sp³-hybridized carbons (Fsp3) is 0.500. The van der Waals surface area contributed by atoms with E-state index in [4.69, 9.17) is 4.74 Å². The zero-order chi connectivity index (χ0) is 15.6. The Hall–Kier alpha value is -1.61. The first kappa shape index (κ1) is 15.8. The predicted octanol–water partition coefficient (Wildman–Crippen LogP) is 3.29. The summed E-state index contributed by atoms with van der Waals surface area (Å²) in [6.07, 6.45) is 1.37. The summed E-state index contributed by atoms with van der Waals surface area (Å²) in [4.78, 5) is 12.2. The van der Waals surface area contributed by atoms with Gasteiger partial charge in [0.2, 0.25) is 0 Å². The summed E-state index contributed by atoms with van der Waals surface area (Å²) in [5, 5.41) is 11.0. The highest BCUT2D eigenvalue weighted by Crippen LogP contribution is 2.51. The molecule has 1 fully saturated rings. The summed E-state index contributed by atoms with van der Waals surface area (Å²) >= 11 is 0. The van der Waals surface area contributed by atoms with Gasteiger partial charge in [0.05, 0.1) is 7.11 Å². The average molecular weight is 288 g/mol. The summed E-state index contributed by atoms with van der Waals surface area (Å²) in [6, 6.07) is 9.75. The molecule has 3 nitrogen and oxygen atoms in total. The molecule has 1 aromatic rings. The summed E-state index contributed by atoms with van der Waals surface area (Å²) < 4.78 is 4.86. The van der Waals surface area contributed by atoms with Crippen LogP contribution in [0.3, 0.4) is 0 Å². The van der Waals surface area contributed by atoms with Crippen molar-refractivity contribution in [2.75, 3.05) is 7.11 Å². The summed E-state index contributed by atoms with van der Waals surface area (Å²) in [5.41, 5.74) is 0.308. The molecule has 0 unspecified atom stereocenters. The van der Waals surface area contributed by atoms with Crippen LogP contribution < -0.4 is 0 Å². The van der Waals surface area contributed by atoms with E-state index in [0.29, 0.717) is 12.3 Å². The number of esters is 1. The molecule has 1 aliphatic rings. The van der Waals surface area contributed by atoms with E-state index < -0.39 is 11.6 Å². The number of carbonyl (C=O) groups is 1. The van der Waals surface area contributed by atoms with Crippen LogP contribution in [0.2, 0.25) is 0 Å². The van der Waals surface area contributed by atoms with Crippen LogP contribution in [0.4, 0.5) is 0 Å². The molecule has 1 aliphatic carbocycles. The van der Waals surface area contributed by atoms with Crippen molar-refractivity contribution in [3.63, 3.8) is 0 Å².